The van der Waals surface area contributed by atoms with Gasteiger partial charge in [0.15, 0.2) is 5.82 Å². The summed E-state index contributed by atoms with van der Waals surface area (Å²) in [7, 11) is 0. The summed E-state index contributed by atoms with van der Waals surface area (Å²) in [6, 6.07) is 3.62. The zero-order chi connectivity index (χ0) is 20.4. The summed E-state index contributed by atoms with van der Waals surface area (Å²) in [5, 5.41) is 8.98. The van der Waals surface area contributed by atoms with E-state index in [9.17, 15) is 4.39 Å². The van der Waals surface area contributed by atoms with E-state index in [0.717, 1.165) is 44.2 Å². The fraction of sp³-hybridized carbons (Fsp3) is 0.571. The zero-order valence-corrected chi connectivity index (χ0v) is 16.8. The average molecular weight is 396 g/mol. The van der Waals surface area contributed by atoms with Gasteiger partial charge in [0.1, 0.15) is 17.6 Å². The molecule has 152 valence electrons. The van der Waals surface area contributed by atoms with Crippen LogP contribution in [-0.2, 0) is 0 Å². The van der Waals surface area contributed by atoms with Crippen LogP contribution in [0.25, 0.3) is 0 Å². The lowest BCUT2D eigenvalue weighted by Gasteiger charge is -2.32. The molecule has 0 amide bonds. The van der Waals surface area contributed by atoms with Gasteiger partial charge in [-0.1, -0.05) is 0 Å². The van der Waals surface area contributed by atoms with Gasteiger partial charge >= 0.3 is 0 Å². The van der Waals surface area contributed by atoms with Crippen molar-refractivity contribution in [3.05, 3.63) is 35.3 Å². The summed E-state index contributed by atoms with van der Waals surface area (Å²) >= 11 is 0. The highest BCUT2D eigenvalue weighted by molar-refractivity contribution is 5.31. The molecule has 3 heterocycles. The van der Waals surface area contributed by atoms with Gasteiger partial charge in [-0.3, -0.25) is 0 Å². The maximum Gasteiger partial charge on any atom is 0.225 e. The summed E-state index contributed by atoms with van der Waals surface area (Å²) in [5.74, 6) is 3.51. The van der Waals surface area contributed by atoms with Crippen LogP contribution in [0.15, 0.2) is 12.3 Å². The van der Waals surface area contributed by atoms with Gasteiger partial charge in [0.2, 0.25) is 11.8 Å². The van der Waals surface area contributed by atoms with E-state index >= 15 is 0 Å². The fourth-order valence-electron chi connectivity index (χ4n) is 4.29. The number of aromatic nitrogens is 4. The minimum absolute atomic E-state index is 0.337. The summed E-state index contributed by atoms with van der Waals surface area (Å²) in [6.45, 7) is 5.90. The van der Waals surface area contributed by atoms with E-state index in [0.29, 0.717) is 41.6 Å². The smallest absolute Gasteiger partial charge is 0.225 e. The minimum atomic E-state index is -0.354. The molecule has 1 aliphatic heterocycles. The molecule has 0 aromatic carbocycles. The third-order valence-corrected chi connectivity index (χ3v) is 5.98. The van der Waals surface area contributed by atoms with Crippen molar-refractivity contribution in [1.29, 1.82) is 5.26 Å². The van der Waals surface area contributed by atoms with Crippen LogP contribution in [0.5, 0.6) is 5.88 Å². The van der Waals surface area contributed by atoms with E-state index in [4.69, 9.17) is 10.00 Å². The highest BCUT2D eigenvalue weighted by Crippen LogP contribution is 2.49. The Labute approximate surface area is 170 Å². The largest absolute Gasteiger partial charge is 0.478 e. The van der Waals surface area contributed by atoms with Gasteiger partial charge < -0.3 is 9.64 Å². The third-order valence-electron chi connectivity index (χ3n) is 5.98. The first kappa shape index (κ1) is 19.5. The standard InChI is InChI=1S/C21H25FN6O/c1-13-19(22)12-24-21(25-13)28-6-3-15(4-7-28)18-9-16(18)5-8-29-20-10-17(11-23)26-14(2)27-20/h10,12,15-16,18H,3-9H2,1-2H3/t16-,18-/m1/s1. The molecule has 8 heteroatoms. The van der Waals surface area contributed by atoms with Crippen LogP contribution in [0.4, 0.5) is 10.3 Å². The molecule has 2 aliphatic rings. The predicted molar refractivity (Wildman–Crippen MR) is 105 cm³/mol. The van der Waals surface area contributed by atoms with Crippen molar-refractivity contribution in [3.8, 4) is 11.9 Å². The molecule has 2 fully saturated rings. The van der Waals surface area contributed by atoms with E-state index in [2.05, 4.69) is 24.8 Å². The molecule has 29 heavy (non-hydrogen) atoms. The molecule has 1 aliphatic carbocycles. The molecule has 2 aromatic rings. The molecule has 7 nitrogen and oxygen atoms in total. The average Bonchev–Trinajstić information content (AvgIpc) is 3.49. The van der Waals surface area contributed by atoms with Crippen molar-refractivity contribution >= 4 is 5.95 Å². The van der Waals surface area contributed by atoms with Crippen molar-refractivity contribution in [2.75, 3.05) is 24.6 Å². The Bertz CT molecular complexity index is 922. The van der Waals surface area contributed by atoms with Gasteiger partial charge in [0.25, 0.3) is 0 Å². The highest BCUT2D eigenvalue weighted by atomic mass is 19.1. The van der Waals surface area contributed by atoms with Crippen LogP contribution in [0.3, 0.4) is 0 Å². The Kier molecular flexibility index (Phi) is 5.56. The monoisotopic (exact) mass is 396 g/mol. The number of aryl methyl sites for hydroxylation is 2. The molecule has 1 saturated carbocycles. The van der Waals surface area contributed by atoms with Gasteiger partial charge in [0.05, 0.1) is 18.5 Å². The number of nitrogens with zero attached hydrogens (tertiary/aromatic N) is 6. The number of anilines is 1. The third kappa shape index (κ3) is 4.61. The lowest BCUT2D eigenvalue weighted by Crippen LogP contribution is -2.35. The number of hydrogen-bond donors (Lipinski definition) is 0. The normalized spacial score (nSPS) is 21.7. The lowest BCUT2D eigenvalue weighted by atomic mass is 9.90. The first-order valence-electron chi connectivity index (χ1n) is 10.2. The number of halogens is 1. The molecule has 2 aromatic heterocycles. The first-order valence-corrected chi connectivity index (χ1v) is 10.2. The maximum absolute atomic E-state index is 13.4. The van der Waals surface area contributed by atoms with Gasteiger partial charge in [-0.05, 0) is 57.3 Å². The van der Waals surface area contributed by atoms with Crippen molar-refractivity contribution in [1.82, 2.24) is 19.9 Å². The second-order valence-electron chi connectivity index (χ2n) is 7.98. The summed E-state index contributed by atoms with van der Waals surface area (Å²) in [4.78, 5) is 18.8. The molecule has 0 N–H and O–H groups in total. The van der Waals surface area contributed by atoms with Crippen molar-refractivity contribution in [3.63, 3.8) is 0 Å². The highest BCUT2D eigenvalue weighted by Gasteiger charge is 2.43. The van der Waals surface area contributed by atoms with Crippen LogP contribution in [0.2, 0.25) is 0 Å². The Morgan fingerprint density at radius 2 is 2.03 bits per heavy atom. The number of rotatable bonds is 6. The Morgan fingerprint density at radius 3 is 2.76 bits per heavy atom. The molecular formula is C21H25FN6O. The second kappa shape index (κ2) is 8.27. The van der Waals surface area contributed by atoms with Crippen LogP contribution >= 0.6 is 0 Å². The lowest BCUT2D eigenvalue weighted by molar-refractivity contribution is 0.275. The van der Waals surface area contributed by atoms with Crippen LogP contribution in [0.1, 0.15) is 42.9 Å². The van der Waals surface area contributed by atoms with Crippen LogP contribution in [0, 0.1) is 48.7 Å². The second-order valence-corrected chi connectivity index (χ2v) is 7.98. The zero-order valence-electron chi connectivity index (χ0n) is 16.8. The molecule has 4 rings (SSSR count). The molecule has 0 spiro atoms. The van der Waals surface area contributed by atoms with E-state index in [-0.39, 0.29) is 5.82 Å². The fourth-order valence-corrected chi connectivity index (χ4v) is 4.29. The number of ether oxygens (including phenoxy) is 1. The van der Waals surface area contributed by atoms with Gasteiger partial charge in [-0.15, -0.1) is 0 Å². The summed E-state index contributed by atoms with van der Waals surface area (Å²) in [5.41, 5.74) is 0.740. The van der Waals surface area contributed by atoms with E-state index < -0.39 is 0 Å². The van der Waals surface area contributed by atoms with E-state index in [1.807, 2.05) is 6.07 Å². The van der Waals surface area contributed by atoms with E-state index in [1.165, 1.54) is 12.6 Å². The topological polar surface area (TPSA) is 87.8 Å². The Balaban J connectivity index is 1.21. The molecule has 0 bridgehead atoms. The van der Waals surface area contributed by atoms with Crippen LogP contribution in [-0.4, -0.2) is 39.6 Å². The molecular weight excluding hydrogens is 371 g/mol. The van der Waals surface area contributed by atoms with Crippen molar-refractivity contribution < 1.29 is 9.13 Å². The quantitative estimate of drug-likeness (QED) is 0.741. The van der Waals surface area contributed by atoms with Crippen LogP contribution < -0.4 is 9.64 Å². The van der Waals surface area contributed by atoms with E-state index in [1.54, 1.807) is 19.9 Å². The van der Waals surface area contributed by atoms with Crippen molar-refractivity contribution in [2.45, 2.75) is 39.5 Å². The Hall–Kier alpha value is -2.82. The predicted octanol–water partition coefficient (Wildman–Crippen LogP) is 3.22. The number of nitriles is 1. The summed E-state index contributed by atoms with van der Waals surface area (Å²) < 4.78 is 19.1. The number of hydrogen-bond acceptors (Lipinski definition) is 7. The summed E-state index contributed by atoms with van der Waals surface area (Å²) in [6.07, 6.45) is 5.78. The number of piperidine rings is 1. The molecule has 1 saturated heterocycles. The molecule has 2 atom stereocenters. The minimum Gasteiger partial charge on any atom is -0.478 e. The van der Waals surface area contributed by atoms with Gasteiger partial charge in [-0.2, -0.15) is 10.2 Å². The SMILES string of the molecule is Cc1nc(C#N)cc(OCC[C@@H]2C[C@@H]2C2CCN(c3ncc(F)c(C)n3)CC2)n1. The molecule has 0 radical (unpaired) electrons. The van der Waals surface area contributed by atoms with Crippen molar-refractivity contribution in [2.24, 2.45) is 17.8 Å². The Morgan fingerprint density at radius 1 is 1.24 bits per heavy atom. The van der Waals surface area contributed by atoms with Gasteiger partial charge in [0, 0.05) is 19.2 Å². The van der Waals surface area contributed by atoms with Gasteiger partial charge in [-0.25, -0.2) is 19.3 Å². The maximum atomic E-state index is 13.4. The first-order chi connectivity index (χ1) is 14.0. The molecule has 0 unspecified atom stereocenters.